The molecule has 0 aromatic carbocycles. The Morgan fingerprint density at radius 1 is 1.46 bits per heavy atom. The molecule has 0 amide bonds. The monoisotopic (exact) mass is 203 g/mol. The van der Waals surface area contributed by atoms with Crippen LogP contribution in [0.5, 0.6) is 0 Å². The summed E-state index contributed by atoms with van der Waals surface area (Å²) in [5, 5.41) is 1.73. The molecule has 78 valence electrons. The number of thiocarbonyl (C=S) groups is 1. The van der Waals surface area contributed by atoms with Crippen LogP contribution < -0.4 is 11.6 Å². The molecule has 0 saturated carbocycles. The smallest absolute Gasteiger partial charge is 0.180 e. The average Bonchev–Trinajstić information content (AvgIpc) is 2.04. The van der Waals surface area contributed by atoms with Gasteiger partial charge in [-0.15, -0.1) is 0 Å². The Labute approximate surface area is 86.4 Å². The molecule has 4 heteroatoms. The zero-order valence-electron chi connectivity index (χ0n) is 8.62. The first kappa shape index (κ1) is 12.7. The Morgan fingerprint density at radius 3 is 2.54 bits per heavy atom. The molecule has 0 bridgehead atoms. The van der Waals surface area contributed by atoms with E-state index in [1.165, 1.54) is 30.7 Å². The predicted molar refractivity (Wildman–Crippen MR) is 61.0 cm³/mol. The van der Waals surface area contributed by atoms with Gasteiger partial charge in [-0.3, -0.25) is 5.01 Å². The highest BCUT2D eigenvalue weighted by Gasteiger charge is 2.06. The van der Waals surface area contributed by atoms with Crippen LogP contribution in [0.3, 0.4) is 0 Å². The molecule has 0 fully saturated rings. The number of hydrogen-bond acceptors (Lipinski definition) is 2. The van der Waals surface area contributed by atoms with Gasteiger partial charge in [0.2, 0.25) is 0 Å². The number of hydrazine groups is 1. The Bertz CT molecular complexity index is 150. The molecule has 0 spiro atoms. The molecule has 4 N–H and O–H groups in total. The first-order valence-electron chi connectivity index (χ1n) is 4.89. The molecule has 1 atom stereocenters. The Balaban J connectivity index is 3.49. The van der Waals surface area contributed by atoms with Crippen molar-refractivity contribution in [3.8, 4) is 0 Å². The maximum absolute atomic E-state index is 5.59. The summed E-state index contributed by atoms with van der Waals surface area (Å²) in [6, 6.07) is 0. The molecule has 0 aromatic heterocycles. The first-order chi connectivity index (χ1) is 6.07. The molecule has 0 aliphatic heterocycles. The third kappa shape index (κ3) is 6.78. The fraction of sp³-hybridized carbons (Fsp3) is 0.889. The van der Waals surface area contributed by atoms with E-state index in [-0.39, 0.29) is 5.11 Å². The molecule has 0 rings (SSSR count). The molecule has 0 aliphatic rings. The van der Waals surface area contributed by atoms with Gasteiger partial charge >= 0.3 is 0 Å². The van der Waals surface area contributed by atoms with E-state index in [0.29, 0.717) is 5.92 Å². The van der Waals surface area contributed by atoms with Crippen molar-refractivity contribution in [2.45, 2.75) is 39.5 Å². The number of nitrogens with zero attached hydrogens (tertiary/aromatic N) is 1. The fourth-order valence-electron chi connectivity index (χ4n) is 1.26. The Kier molecular flexibility index (Phi) is 6.90. The van der Waals surface area contributed by atoms with Crippen molar-refractivity contribution in [2.24, 2.45) is 17.5 Å². The highest BCUT2D eigenvalue weighted by atomic mass is 32.1. The third-order valence-electron chi connectivity index (χ3n) is 2.09. The van der Waals surface area contributed by atoms with E-state index in [0.717, 1.165) is 6.54 Å². The molecule has 13 heavy (non-hydrogen) atoms. The topological polar surface area (TPSA) is 55.3 Å². The lowest BCUT2D eigenvalue weighted by Gasteiger charge is -2.20. The third-order valence-corrected chi connectivity index (χ3v) is 2.33. The van der Waals surface area contributed by atoms with Crippen molar-refractivity contribution in [1.29, 1.82) is 0 Å². The van der Waals surface area contributed by atoms with Crippen LogP contribution in [0.4, 0.5) is 0 Å². The Morgan fingerprint density at radius 2 is 2.08 bits per heavy atom. The molecular weight excluding hydrogens is 182 g/mol. The van der Waals surface area contributed by atoms with Gasteiger partial charge in [0.05, 0.1) is 0 Å². The van der Waals surface area contributed by atoms with Crippen molar-refractivity contribution in [1.82, 2.24) is 5.01 Å². The first-order valence-corrected chi connectivity index (χ1v) is 5.30. The van der Waals surface area contributed by atoms with Gasteiger partial charge in [-0.05, 0) is 24.6 Å². The molecule has 0 aromatic rings. The minimum Gasteiger partial charge on any atom is -0.375 e. The van der Waals surface area contributed by atoms with Gasteiger partial charge in [-0.1, -0.05) is 33.1 Å². The van der Waals surface area contributed by atoms with E-state index >= 15 is 0 Å². The summed E-state index contributed by atoms with van der Waals surface area (Å²) in [7, 11) is 0. The summed E-state index contributed by atoms with van der Waals surface area (Å²) in [5.41, 5.74) is 5.37. The SMILES string of the molecule is CCCCCC(C)CN(N)C(N)=S. The van der Waals surface area contributed by atoms with E-state index in [9.17, 15) is 0 Å². The summed E-state index contributed by atoms with van der Waals surface area (Å²) in [4.78, 5) is 0. The molecule has 0 saturated heterocycles. The second-order valence-corrected chi connectivity index (χ2v) is 4.01. The largest absolute Gasteiger partial charge is 0.375 e. The van der Waals surface area contributed by atoms with Crippen LogP contribution in [0, 0.1) is 5.92 Å². The minimum atomic E-state index is 0.280. The maximum atomic E-state index is 5.59. The highest BCUT2D eigenvalue weighted by Crippen LogP contribution is 2.09. The zero-order chi connectivity index (χ0) is 10.3. The lowest BCUT2D eigenvalue weighted by molar-refractivity contribution is 0.344. The number of hydrogen-bond donors (Lipinski definition) is 2. The summed E-state index contributed by atoms with van der Waals surface area (Å²) in [5.74, 6) is 6.16. The zero-order valence-corrected chi connectivity index (χ0v) is 9.44. The van der Waals surface area contributed by atoms with Gasteiger partial charge in [-0.2, -0.15) is 0 Å². The van der Waals surface area contributed by atoms with Gasteiger partial charge < -0.3 is 5.73 Å². The van der Waals surface area contributed by atoms with Crippen LogP contribution in [0.15, 0.2) is 0 Å². The van der Waals surface area contributed by atoms with Gasteiger partial charge in [0, 0.05) is 6.54 Å². The molecule has 0 aliphatic carbocycles. The lowest BCUT2D eigenvalue weighted by Crippen LogP contribution is -2.43. The maximum Gasteiger partial charge on any atom is 0.180 e. The van der Waals surface area contributed by atoms with Crippen LogP contribution in [0.2, 0.25) is 0 Å². The van der Waals surface area contributed by atoms with E-state index in [1.54, 1.807) is 0 Å². The average molecular weight is 203 g/mol. The van der Waals surface area contributed by atoms with Crippen LogP contribution in [-0.4, -0.2) is 16.7 Å². The van der Waals surface area contributed by atoms with Crippen molar-refractivity contribution in [3.05, 3.63) is 0 Å². The molecule has 3 nitrogen and oxygen atoms in total. The van der Waals surface area contributed by atoms with E-state index in [1.807, 2.05) is 0 Å². The van der Waals surface area contributed by atoms with Gasteiger partial charge in [0.15, 0.2) is 5.11 Å². The number of unbranched alkanes of at least 4 members (excludes halogenated alkanes) is 2. The standard InChI is InChI=1S/C9H21N3S/c1-3-4-5-6-8(2)7-12(11)9(10)13/h8H,3-7,11H2,1-2H3,(H2,10,13). The lowest BCUT2D eigenvalue weighted by atomic mass is 10.0. The highest BCUT2D eigenvalue weighted by molar-refractivity contribution is 7.80. The summed E-state index contributed by atoms with van der Waals surface area (Å²) in [6.07, 6.45) is 5.02. The van der Waals surface area contributed by atoms with Crippen LogP contribution >= 0.6 is 12.2 Å². The van der Waals surface area contributed by atoms with Crippen LogP contribution in [-0.2, 0) is 0 Å². The molecule has 1 unspecified atom stereocenters. The second kappa shape index (κ2) is 7.09. The summed E-state index contributed by atoms with van der Waals surface area (Å²) in [6.45, 7) is 5.14. The predicted octanol–water partition coefficient (Wildman–Crippen LogP) is 1.62. The van der Waals surface area contributed by atoms with Crippen LogP contribution in [0.1, 0.15) is 39.5 Å². The van der Waals surface area contributed by atoms with E-state index in [2.05, 4.69) is 13.8 Å². The molecule has 0 heterocycles. The van der Waals surface area contributed by atoms with E-state index in [4.69, 9.17) is 23.8 Å². The van der Waals surface area contributed by atoms with Crippen molar-refractivity contribution in [2.75, 3.05) is 6.54 Å². The van der Waals surface area contributed by atoms with Gasteiger partial charge in [0.25, 0.3) is 0 Å². The molecular formula is C9H21N3S. The van der Waals surface area contributed by atoms with Crippen molar-refractivity contribution < 1.29 is 0 Å². The van der Waals surface area contributed by atoms with Gasteiger partial charge in [0.1, 0.15) is 0 Å². The summed E-state index contributed by atoms with van der Waals surface area (Å²) < 4.78 is 0. The van der Waals surface area contributed by atoms with Crippen molar-refractivity contribution in [3.63, 3.8) is 0 Å². The second-order valence-electron chi connectivity index (χ2n) is 3.59. The minimum absolute atomic E-state index is 0.280. The number of rotatable bonds is 6. The number of nitrogens with two attached hydrogens (primary N) is 2. The normalized spacial score (nSPS) is 12.5. The van der Waals surface area contributed by atoms with E-state index < -0.39 is 0 Å². The fourth-order valence-corrected chi connectivity index (χ4v) is 1.33. The van der Waals surface area contributed by atoms with Crippen LogP contribution in [0.25, 0.3) is 0 Å². The quantitative estimate of drug-likeness (QED) is 0.298. The van der Waals surface area contributed by atoms with Gasteiger partial charge in [-0.25, -0.2) is 5.84 Å². The molecule has 0 radical (unpaired) electrons. The van der Waals surface area contributed by atoms with Crippen molar-refractivity contribution >= 4 is 17.3 Å². The summed E-state index contributed by atoms with van der Waals surface area (Å²) >= 11 is 4.75. The Hall–Kier alpha value is -0.350.